The SMILES string of the molecule is CC(C)(C)OC(=O)N1CCN(Cc2cnc3sc(-c4ccccc4N)nc3c2)CC1.O=C(Nc1ccccc1-c1nc2cc(CN3CCNCC3)cnc2s1)c1cccc(-c2nn[nH]n2)c1.O=C(O)c1cccc(-c2nn[nH]n2)c1. The van der Waals surface area contributed by atoms with E-state index in [1.54, 1.807) is 46.6 Å². The maximum absolute atomic E-state index is 13.1. The van der Waals surface area contributed by atoms with Gasteiger partial charge in [0.15, 0.2) is 0 Å². The molecule has 0 bridgehead atoms. The Hall–Kier alpha value is -9.01. The summed E-state index contributed by atoms with van der Waals surface area (Å²) in [5.74, 6) is -0.392. The highest BCUT2D eigenvalue weighted by Gasteiger charge is 2.26. The summed E-state index contributed by atoms with van der Waals surface area (Å²) in [7, 11) is 0. The van der Waals surface area contributed by atoms with Crippen molar-refractivity contribution in [1.82, 2.24) is 81.2 Å². The summed E-state index contributed by atoms with van der Waals surface area (Å²) in [4.78, 5) is 63.2. The zero-order chi connectivity index (χ0) is 55.6. The number of nitrogens with two attached hydrogens (primary N) is 1. The molecule has 2 aliphatic rings. The molecule has 0 spiro atoms. The number of rotatable bonds is 11. The van der Waals surface area contributed by atoms with Crippen LogP contribution in [0.5, 0.6) is 0 Å². The first-order chi connectivity index (χ1) is 38.8. The molecule has 2 saturated heterocycles. The zero-order valence-electron chi connectivity index (χ0n) is 43.9. The van der Waals surface area contributed by atoms with Gasteiger partial charge in [-0.2, -0.15) is 10.4 Å². The van der Waals surface area contributed by atoms with E-state index < -0.39 is 11.6 Å². The molecule has 0 aliphatic carbocycles. The van der Waals surface area contributed by atoms with Gasteiger partial charge in [-0.3, -0.25) is 14.6 Å². The van der Waals surface area contributed by atoms with Crippen LogP contribution in [0.1, 0.15) is 52.6 Å². The van der Waals surface area contributed by atoms with Crippen LogP contribution in [0.25, 0.3) is 64.6 Å². The predicted molar refractivity (Wildman–Crippen MR) is 305 cm³/mol. The number of pyridine rings is 2. The maximum atomic E-state index is 13.1. The van der Waals surface area contributed by atoms with Gasteiger partial charge in [-0.15, -0.1) is 20.4 Å². The van der Waals surface area contributed by atoms with Gasteiger partial charge in [0.25, 0.3) is 5.91 Å². The number of tetrazole rings is 2. The van der Waals surface area contributed by atoms with E-state index in [1.807, 2.05) is 87.8 Å². The number of thiazole rings is 2. The van der Waals surface area contributed by atoms with Gasteiger partial charge < -0.3 is 31.1 Å². The summed E-state index contributed by atoms with van der Waals surface area (Å²) in [6.07, 6.45) is 3.62. The number of fused-ring (bicyclic) bond motifs is 2. The fraction of sp³-hybridized carbons (Fsp3) is 0.255. The number of carboxylic acids is 1. The molecule has 80 heavy (non-hydrogen) atoms. The normalized spacial score (nSPS) is 14.0. The Labute approximate surface area is 466 Å². The first-order valence-corrected chi connectivity index (χ1v) is 27.2. The molecule has 2 amide bonds. The van der Waals surface area contributed by atoms with Crippen molar-refractivity contribution in [2.45, 2.75) is 39.5 Å². The maximum Gasteiger partial charge on any atom is 0.410 e. The van der Waals surface area contributed by atoms with Crippen LogP contribution in [-0.4, -0.2) is 157 Å². The number of nitrogens with one attached hydrogen (secondary N) is 4. The highest BCUT2D eigenvalue weighted by atomic mass is 32.1. The van der Waals surface area contributed by atoms with Crippen LogP contribution in [0.2, 0.25) is 0 Å². The number of ether oxygens (including phenoxy) is 1. The quantitative estimate of drug-likeness (QED) is 0.0674. The molecule has 0 saturated carbocycles. The molecule has 2 fully saturated rings. The summed E-state index contributed by atoms with van der Waals surface area (Å²) in [6.45, 7) is 14.4. The number of carbonyl (C=O) groups is 3. The number of anilines is 2. The topological polar surface area (TPSA) is 301 Å². The number of carboxylic acid groups (broad SMARTS) is 1. The fourth-order valence-electron chi connectivity index (χ4n) is 8.76. The van der Waals surface area contributed by atoms with Crippen LogP contribution >= 0.6 is 22.7 Å². The molecule has 10 aromatic rings. The van der Waals surface area contributed by atoms with Gasteiger partial charge in [-0.1, -0.05) is 71.2 Å². The fourth-order valence-corrected chi connectivity index (χ4v) is 10.6. The Morgan fingerprint density at radius 3 is 1.76 bits per heavy atom. The number of piperazine rings is 2. The van der Waals surface area contributed by atoms with Crippen molar-refractivity contribution in [3.63, 3.8) is 0 Å². The van der Waals surface area contributed by atoms with E-state index in [9.17, 15) is 14.4 Å². The van der Waals surface area contributed by atoms with Crippen molar-refractivity contribution < 1.29 is 24.2 Å². The molecule has 0 radical (unpaired) electrons. The van der Waals surface area contributed by atoms with Crippen molar-refractivity contribution in [3.8, 4) is 43.9 Å². The zero-order valence-corrected chi connectivity index (χ0v) is 45.5. The number of amides is 2. The number of aromatic nitrogens is 12. The number of aromatic amines is 2. The first kappa shape index (κ1) is 54.3. The molecule has 0 atom stereocenters. The number of aromatic carboxylic acids is 1. The molecule has 6 aromatic heterocycles. The summed E-state index contributed by atoms with van der Waals surface area (Å²) in [5, 5.41) is 44.0. The molecule has 0 unspecified atom stereocenters. The number of nitrogens with zero attached hydrogens (tertiary/aromatic N) is 13. The minimum atomic E-state index is -0.977. The Morgan fingerprint density at radius 2 is 1.20 bits per heavy atom. The Bertz CT molecular complexity index is 3740. The van der Waals surface area contributed by atoms with Gasteiger partial charge in [-0.25, -0.2) is 29.5 Å². The number of para-hydroxylation sites is 2. The van der Waals surface area contributed by atoms with Crippen LogP contribution in [0.4, 0.5) is 16.2 Å². The molecule has 4 aromatic carbocycles. The number of hydrogen-bond acceptors (Lipinski definition) is 20. The van der Waals surface area contributed by atoms with E-state index in [2.05, 4.69) is 83.8 Å². The van der Waals surface area contributed by atoms with Gasteiger partial charge in [0.05, 0.1) is 11.3 Å². The summed E-state index contributed by atoms with van der Waals surface area (Å²) in [5.41, 5.74) is 14.9. The van der Waals surface area contributed by atoms with Gasteiger partial charge in [0.1, 0.15) is 36.3 Å². The summed E-state index contributed by atoms with van der Waals surface area (Å²) in [6, 6.07) is 33.1. The van der Waals surface area contributed by atoms with Crippen molar-refractivity contribution >= 4 is 72.7 Å². The predicted octanol–water partition coefficient (Wildman–Crippen LogP) is 7.75. The lowest BCUT2D eigenvalue weighted by Gasteiger charge is -2.35. The number of hydrogen-bond donors (Lipinski definition) is 6. The van der Waals surface area contributed by atoms with Crippen LogP contribution < -0.4 is 16.4 Å². The third-order valence-corrected chi connectivity index (χ3v) is 14.7. The number of carbonyl (C=O) groups excluding carboxylic acids is 2. The average molecular weight is 1110 g/mol. The average Bonchev–Trinajstić information content (AvgIpc) is 4.34. The molecule has 8 heterocycles. The molecule has 12 rings (SSSR count). The smallest absolute Gasteiger partial charge is 0.410 e. The lowest BCUT2D eigenvalue weighted by molar-refractivity contribution is 0.0138. The third-order valence-electron chi connectivity index (χ3n) is 12.7. The van der Waals surface area contributed by atoms with Crippen LogP contribution in [-0.2, 0) is 17.8 Å². The van der Waals surface area contributed by atoms with Gasteiger partial charge >= 0.3 is 12.1 Å². The highest BCUT2D eigenvalue weighted by Crippen LogP contribution is 2.35. The molecule has 23 nitrogen and oxygen atoms in total. The van der Waals surface area contributed by atoms with E-state index >= 15 is 0 Å². The van der Waals surface area contributed by atoms with Crippen LogP contribution in [0, 0.1) is 0 Å². The molecular formula is C55H56N18O5S2. The lowest BCUT2D eigenvalue weighted by Crippen LogP contribution is -2.49. The third kappa shape index (κ3) is 13.8. The van der Waals surface area contributed by atoms with E-state index in [0.29, 0.717) is 47.1 Å². The standard InChI is InChI=1S/C25H23N9OS.C22H27N5O2S.C8H6N4O2/c35-23(18-5-3-4-17(13-18)22-30-32-33-31-22)28-20-7-2-1-6-19(20)24-29-21-12-16(14-27-25(21)36-24)15-34-10-8-26-9-11-34;1-22(2,3)29-21(28)27-10-8-26(9-11-27)14-15-12-18-20(24-13-15)30-19(25-18)16-6-4-5-7-17(16)23;13-8(14)6-3-1-2-5(4-6)7-9-11-12-10-7/h1-7,12-14,26H,8-11,15H2,(H,28,35)(H,30,31,32,33);4-7,12-13H,8-11,14,23H2,1-3H3;1-4H,(H,13,14)(H,9,10,11,12). The molecule has 7 N–H and O–H groups in total. The van der Waals surface area contributed by atoms with Crippen molar-refractivity contribution in [2.75, 3.05) is 63.4 Å². The number of H-pyrrole nitrogens is 2. The molecule has 25 heteroatoms. The van der Waals surface area contributed by atoms with Crippen LogP contribution in [0.15, 0.2) is 122 Å². The van der Waals surface area contributed by atoms with E-state index in [4.69, 9.17) is 25.5 Å². The number of nitrogen functional groups attached to an aromatic ring is 1. The summed E-state index contributed by atoms with van der Waals surface area (Å²) >= 11 is 3.07. The molecular weight excluding hydrogens is 1060 g/mol. The Kier molecular flexibility index (Phi) is 16.8. The van der Waals surface area contributed by atoms with Crippen LogP contribution in [0.3, 0.4) is 0 Å². The molecule has 2 aliphatic heterocycles. The first-order valence-electron chi connectivity index (χ1n) is 25.6. The monoisotopic (exact) mass is 1110 g/mol. The van der Waals surface area contributed by atoms with Crippen molar-refractivity contribution in [1.29, 1.82) is 0 Å². The second-order valence-electron chi connectivity index (χ2n) is 19.7. The lowest BCUT2D eigenvalue weighted by atomic mass is 10.1. The minimum Gasteiger partial charge on any atom is -0.478 e. The van der Waals surface area contributed by atoms with E-state index in [1.165, 1.54) is 23.5 Å². The highest BCUT2D eigenvalue weighted by molar-refractivity contribution is 7.21. The van der Waals surface area contributed by atoms with Crippen molar-refractivity contribution in [2.24, 2.45) is 0 Å². The van der Waals surface area contributed by atoms with Gasteiger partial charge in [0.2, 0.25) is 11.6 Å². The summed E-state index contributed by atoms with van der Waals surface area (Å²) < 4.78 is 5.47. The Morgan fingerprint density at radius 1 is 0.662 bits per heavy atom. The second kappa shape index (κ2) is 24.8. The van der Waals surface area contributed by atoms with E-state index in [-0.39, 0.29) is 17.6 Å². The van der Waals surface area contributed by atoms with E-state index in [0.717, 1.165) is 111 Å². The van der Waals surface area contributed by atoms with Gasteiger partial charge in [-0.05, 0) is 103 Å². The van der Waals surface area contributed by atoms with Crippen molar-refractivity contribution in [3.05, 3.63) is 144 Å². The number of benzene rings is 4. The molecule has 408 valence electrons. The largest absolute Gasteiger partial charge is 0.478 e. The Balaban J connectivity index is 0.000000147. The second-order valence-corrected chi connectivity index (χ2v) is 21.6. The minimum absolute atomic E-state index is 0.201. The van der Waals surface area contributed by atoms with Gasteiger partial charge in [0, 0.05) is 111 Å².